The van der Waals surface area contributed by atoms with E-state index in [0.717, 1.165) is 51.7 Å². The van der Waals surface area contributed by atoms with Crippen molar-refractivity contribution in [1.82, 2.24) is 4.90 Å². The highest BCUT2D eigenvalue weighted by molar-refractivity contribution is 5.75. The Balaban J connectivity index is 1.26. The second-order valence-corrected chi connectivity index (χ2v) is 9.81. The van der Waals surface area contributed by atoms with Crippen LogP contribution in [0, 0.1) is 23.2 Å². The van der Waals surface area contributed by atoms with Gasteiger partial charge in [-0.2, -0.15) is 0 Å². The fourth-order valence-corrected chi connectivity index (χ4v) is 6.60. The molecular weight excluding hydrogens is 342 g/mol. The fraction of sp³-hybridized carbons (Fsp3) is 0.864. The van der Waals surface area contributed by atoms with Gasteiger partial charge in [-0.15, -0.1) is 0 Å². The normalized spacial score (nSPS) is 44.2. The van der Waals surface area contributed by atoms with Crippen LogP contribution in [0.1, 0.15) is 51.9 Å². The highest BCUT2D eigenvalue weighted by Crippen LogP contribution is 2.57. The number of hydrogen-bond donors (Lipinski definition) is 0. The van der Waals surface area contributed by atoms with E-state index in [2.05, 4.69) is 18.4 Å². The standard InChI is InChI=1S/C22H33NO4/c1-15-4-3-5-21(2)13-19-16(12-18(15)21)17(20(24)27-19)14-23-8-6-22(7-9-23)25-10-11-26-22/h16-19H,1,3-14H2,2H3/t16-,17+,18-,19-,21-/m1/s1. The van der Waals surface area contributed by atoms with Gasteiger partial charge in [0.25, 0.3) is 0 Å². The lowest BCUT2D eigenvalue weighted by Crippen LogP contribution is -2.49. The number of esters is 1. The van der Waals surface area contributed by atoms with Crippen molar-refractivity contribution in [3.8, 4) is 0 Å². The van der Waals surface area contributed by atoms with Crippen molar-refractivity contribution >= 4 is 5.97 Å². The summed E-state index contributed by atoms with van der Waals surface area (Å²) in [6.45, 7) is 10.9. The second kappa shape index (κ2) is 6.57. The van der Waals surface area contributed by atoms with Crippen LogP contribution in [0.5, 0.6) is 0 Å². The average molecular weight is 376 g/mol. The molecule has 2 saturated carbocycles. The minimum Gasteiger partial charge on any atom is -0.462 e. The van der Waals surface area contributed by atoms with E-state index >= 15 is 0 Å². The molecule has 5 heteroatoms. The molecule has 0 unspecified atom stereocenters. The summed E-state index contributed by atoms with van der Waals surface area (Å²) in [7, 11) is 0. The van der Waals surface area contributed by atoms with Crippen molar-refractivity contribution in [2.75, 3.05) is 32.8 Å². The number of allylic oxidation sites excluding steroid dienone is 1. The maximum atomic E-state index is 12.7. The van der Waals surface area contributed by atoms with E-state index in [1.165, 1.54) is 18.4 Å². The van der Waals surface area contributed by atoms with Gasteiger partial charge in [-0.3, -0.25) is 4.79 Å². The van der Waals surface area contributed by atoms with E-state index in [-0.39, 0.29) is 29.2 Å². The molecule has 3 heterocycles. The Morgan fingerprint density at radius 1 is 1.19 bits per heavy atom. The van der Waals surface area contributed by atoms with Crippen LogP contribution in [0.3, 0.4) is 0 Å². The molecule has 0 radical (unpaired) electrons. The predicted octanol–water partition coefficient (Wildman–Crippen LogP) is 3.14. The lowest BCUT2D eigenvalue weighted by atomic mass is 9.55. The van der Waals surface area contributed by atoms with Gasteiger partial charge in [0.15, 0.2) is 5.79 Å². The van der Waals surface area contributed by atoms with E-state index in [0.29, 0.717) is 25.0 Å². The quantitative estimate of drug-likeness (QED) is 0.548. The number of fused-ring (bicyclic) bond motifs is 2. The van der Waals surface area contributed by atoms with E-state index in [1.54, 1.807) is 0 Å². The smallest absolute Gasteiger partial charge is 0.310 e. The van der Waals surface area contributed by atoms with Crippen LogP contribution < -0.4 is 0 Å². The fourth-order valence-electron chi connectivity index (χ4n) is 6.60. The van der Waals surface area contributed by atoms with Crippen molar-refractivity contribution in [2.24, 2.45) is 23.2 Å². The minimum atomic E-state index is -0.346. The van der Waals surface area contributed by atoms with Gasteiger partial charge < -0.3 is 19.1 Å². The molecular formula is C22H33NO4. The lowest BCUT2D eigenvalue weighted by Gasteiger charge is -2.50. The molecule has 150 valence electrons. The molecule has 1 spiro atoms. The number of rotatable bonds is 2. The summed E-state index contributed by atoms with van der Waals surface area (Å²) in [4.78, 5) is 15.2. The monoisotopic (exact) mass is 375 g/mol. The van der Waals surface area contributed by atoms with Gasteiger partial charge in [0.1, 0.15) is 6.10 Å². The van der Waals surface area contributed by atoms with Crippen LogP contribution in [0.25, 0.3) is 0 Å². The minimum absolute atomic E-state index is 0.0220. The Hall–Kier alpha value is -0.910. The molecule has 3 aliphatic heterocycles. The zero-order chi connectivity index (χ0) is 18.6. The van der Waals surface area contributed by atoms with E-state index < -0.39 is 0 Å². The Morgan fingerprint density at radius 3 is 2.67 bits per heavy atom. The first-order chi connectivity index (χ1) is 13.0. The van der Waals surface area contributed by atoms with Gasteiger partial charge in [-0.25, -0.2) is 0 Å². The van der Waals surface area contributed by atoms with E-state index in [9.17, 15) is 4.79 Å². The molecule has 0 amide bonds. The van der Waals surface area contributed by atoms with Crippen molar-refractivity contribution in [3.63, 3.8) is 0 Å². The number of ether oxygens (including phenoxy) is 3. The first kappa shape index (κ1) is 18.1. The van der Waals surface area contributed by atoms with Crippen LogP contribution in [0.4, 0.5) is 0 Å². The summed E-state index contributed by atoms with van der Waals surface area (Å²) >= 11 is 0. The second-order valence-electron chi connectivity index (χ2n) is 9.81. The predicted molar refractivity (Wildman–Crippen MR) is 101 cm³/mol. The third kappa shape index (κ3) is 3.06. The van der Waals surface area contributed by atoms with Crippen LogP contribution >= 0.6 is 0 Å². The summed E-state index contributed by atoms with van der Waals surface area (Å²) in [5, 5.41) is 0. The van der Waals surface area contributed by atoms with Crippen molar-refractivity contribution in [2.45, 2.75) is 63.8 Å². The molecule has 0 N–H and O–H groups in total. The SMILES string of the molecule is C=C1CCC[C@]2(C)C[C@H]3OC(=O)[C@@H](CN4CCC5(CC4)OCCO5)[C@H]3C[C@H]12. The zero-order valence-corrected chi connectivity index (χ0v) is 16.6. The highest BCUT2D eigenvalue weighted by Gasteiger charge is 2.55. The Bertz CT molecular complexity index is 618. The summed E-state index contributed by atoms with van der Waals surface area (Å²) in [6.07, 6.45) is 7.67. The number of piperidine rings is 1. The van der Waals surface area contributed by atoms with Crippen LogP contribution in [-0.2, 0) is 19.0 Å². The molecule has 0 bridgehead atoms. The Labute approximate surface area is 162 Å². The van der Waals surface area contributed by atoms with E-state index in [1.807, 2.05) is 0 Å². The average Bonchev–Trinajstić information content (AvgIpc) is 3.20. The summed E-state index contributed by atoms with van der Waals surface area (Å²) < 4.78 is 17.6. The molecule has 5 atom stereocenters. The molecule has 5 rings (SSSR count). The van der Waals surface area contributed by atoms with Crippen LogP contribution in [-0.4, -0.2) is 55.6 Å². The number of hydrogen-bond acceptors (Lipinski definition) is 5. The molecule has 0 aromatic rings. The van der Waals surface area contributed by atoms with Gasteiger partial charge in [0.05, 0.1) is 19.1 Å². The van der Waals surface area contributed by atoms with Crippen molar-refractivity contribution < 1.29 is 19.0 Å². The van der Waals surface area contributed by atoms with E-state index in [4.69, 9.17) is 14.2 Å². The van der Waals surface area contributed by atoms with Gasteiger partial charge in [0, 0.05) is 38.4 Å². The highest BCUT2D eigenvalue weighted by atomic mass is 16.7. The molecule has 5 fully saturated rings. The molecule has 27 heavy (non-hydrogen) atoms. The third-order valence-electron chi connectivity index (χ3n) is 8.21. The van der Waals surface area contributed by atoms with Gasteiger partial charge in [0.2, 0.25) is 0 Å². The van der Waals surface area contributed by atoms with Crippen LogP contribution in [0.2, 0.25) is 0 Å². The maximum absolute atomic E-state index is 12.7. The maximum Gasteiger partial charge on any atom is 0.310 e. The molecule has 5 nitrogen and oxygen atoms in total. The van der Waals surface area contributed by atoms with Crippen molar-refractivity contribution in [1.29, 1.82) is 0 Å². The molecule has 3 saturated heterocycles. The van der Waals surface area contributed by atoms with Crippen LogP contribution in [0.15, 0.2) is 12.2 Å². The van der Waals surface area contributed by atoms with Gasteiger partial charge in [-0.05, 0) is 43.4 Å². The largest absolute Gasteiger partial charge is 0.462 e. The Morgan fingerprint density at radius 2 is 1.93 bits per heavy atom. The van der Waals surface area contributed by atoms with Crippen molar-refractivity contribution in [3.05, 3.63) is 12.2 Å². The lowest BCUT2D eigenvalue weighted by molar-refractivity contribution is -0.186. The first-order valence-electron chi connectivity index (χ1n) is 10.9. The molecule has 0 aromatic heterocycles. The summed E-state index contributed by atoms with van der Waals surface area (Å²) in [5.74, 6) is 0.636. The third-order valence-corrected chi connectivity index (χ3v) is 8.21. The number of carbonyl (C=O) groups excluding carboxylic acids is 1. The summed E-state index contributed by atoms with van der Waals surface area (Å²) in [5.41, 5.74) is 1.69. The zero-order valence-electron chi connectivity index (χ0n) is 16.6. The Kier molecular flexibility index (Phi) is 4.41. The first-order valence-corrected chi connectivity index (χ1v) is 10.9. The summed E-state index contributed by atoms with van der Waals surface area (Å²) in [6, 6.07) is 0. The number of carbonyl (C=O) groups is 1. The van der Waals surface area contributed by atoms with Gasteiger partial charge in [-0.1, -0.05) is 19.1 Å². The number of likely N-dealkylation sites (tertiary alicyclic amines) is 1. The number of nitrogens with zero attached hydrogens (tertiary/aromatic N) is 1. The topological polar surface area (TPSA) is 48.0 Å². The molecule has 2 aliphatic carbocycles. The molecule has 5 aliphatic rings. The molecule has 0 aromatic carbocycles. The van der Waals surface area contributed by atoms with Gasteiger partial charge >= 0.3 is 5.97 Å².